The largest absolute Gasteiger partial charge is 0.329 e. The number of rotatable bonds is 6. The van der Waals surface area contributed by atoms with Crippen LogP contribution in [-0.2, 0) is 11.2 Å². The maximum absolute atomic E-state index is 10.5. The maximum atomic E-state index is 10.5. The summed E-state index contributed by atoms with van der Waals surface area (Å²) in [6.45, 7) is 7.48. The van der Waals surface area contributed by atoms with Gasteiger partial charge >= 0.3 is 0 Å². The number of hydrogen-bond acceptors (Lipinski definition) is 2. The fourth-order valence-electron chi connectivity index (χ4n) is 2.02. The van der Waals surface area contributed by atoms with Crippen molar-refractivity contribution in [3.8, 4) is 0 Å². The van der Waals surface area contributed by atoms with Gasteiger partial charge in [0.2, 0.25) is 6.41 Å². The molecule has 1 amide bonds. The van der Waals surface area contributed by atoms with E-state index in [1.807, 2.05) is 36.5 Å². The Morgan fingerprint density at radius 3 is 2.85 bits per heavy atom. The van der Waals surface area contributed by atoms with Gasteiger partial charge in [-0.2, -0.15) is 0 Å². The van der Waals surface area contributed by atoms with E-state index in [0.29, 0.717) is 6.41 Å². The second kappa shape index (κ2) is 6.48. The van der Waals surface area contributed by atoms with Crippen molar-refractivity contribution in [1.82, 2.24) is 4.98 Å². The van der Waals surface area contributed by atoms with Gasteiger partial charge in [0.15, 0.2) is 0 Å². The number of aromatic nitrogens is 1. The summed E-state index contributed by atoms with van der Waals surface area (Å²) in [4.78, 5) is 14.9. The number of nitrogens with zero attached hydrogens (tertiary/aromatic N) is 1. The molecule has 0 saturated heterocycles. The van der Waals surface area contributed by atoms with Crippen LogP contribution in [0.3, 0.4) is 0 Å². The van der Waals surface area contributed by atoms with Gasteiger partial charge in [-0.05, 0) is 41.8 Å². The smallest absolute Gasteiger partial charge is 0.211 e. The molecule has 100 valence electrons. The monoisotopic (exact) mass is 264 g/mol. The van der Waals surface area contributed by atoms with E-state index in [-0.39, 0.29) is 0 Å². The van der Waals surface area contributed by atoms with Crippen molar-refractivity contribution >= 4 is 23.0 Å². The standard InChI is InChI=1S/C17H16N2O/c1-3-5-13(4-2)8-14-9-15-10-16(19-12-20)6-7-17(15)18-11-14/h3-7,9-12H,1-2,8H2,(H,19,20)/b13-5+. The summed E-state index contributed by atoms with van der Waals surface area (Å²) in [5.74, 6) is 0. The third-order valence-electron chi connectivity index (χ3n) is 2.97. The number of fused-ring (bicyclic) bond motifs is 1. The number of carbonyl (C=O) groups is 1. The Hall–Kier alpha value is -2.68. The van der Waals surface area contributed by atoms with Crippen molar-refractivity contribution < 1.29 is 4.79 Å². The third kappa shape index (κ3) is 3.20. The van der Waals surface area contributed by atoms with Crippen LogP contribution in [0.1, 0.15) is 5.56 Å². The van der Waals surface area contributed by atoms with Gasteiger partial charge in [0.05, 0.1) is 5.52 Å². The summed E-state index contributed by atoms with van der Waals surface area (Å²) in [6, 6.07) is 7.69. The highest BCUT2D eigenvalue weighted by Gasteiger charge is 2.01. The Labute approximate surface area is 118 Å². The minimum Gasteiger partial charge on any atom is -0.329 e. The Kier molecular flexibility index (Phi) is 4.45. The molecule has 20 heavy (non-hydrogen) atoms. The molecule has 1 aromatic carbocycles. The molecule has 0 bridgehead atoms. The zero-order valence-corrected chi connectivity index (χ0v) is 11.2. The molecule has 0 saturated carbocycles. The highest BCUT2D eigenvalue weighted by molar-refractivity contribution is 5.85. The lowest BCUT2D eigenvalue weighted by atomic mass is 10.0. The summed E-state index contributed by atoms with van der Waals surface area (Å²) in [5.41, 5.74) is 3.84. The average Bonchev–Trinajstić information content (AvgIpc) is 2.47. The fourth-order valence-corrected chi connectivity index (χ4v) is 2.02. The lowest BCUT2D eigenvalue weighted by Gasteiger charge is -2.05. The van der Waals surface area contributed by atoms with Gasteiger partial charge in [-0.15, -0.1) is 0 Å². The van der Waals surface area contributed by atoms with E-state index in [1.165, 1.54) is 0 Å². The maximum Gasteiger partial charge on any atom is 0.211 e. The minimum absolute atomic E-state index is 0.668. The van der Waals surface area contributed by atoms with Crippen molar-refractivity contribution in [3.05, 3.63) is 73.0 Å². The second-order valence-corrected chi connectivity index (χ2v) is 4.37. The normalized spacial score (nSPS) is 11.1. The molecular formula is C17H16N2O. The van der Waals surface area contributed by atoms with E-state index >= 15 is 0 Å². The first kappa shape index (κ1) is 13.7. The number of benzene rings is 1. The quantitative estimate of drug-likeness (QED) is 0.639. The van der Waals surface area contributed by atoms with Crippen LogP contribution < -0.4 is 5.32 Å². The summed E-state index contributed by atoms with van der Waals surface area (Å²) in [6.07, 6.45) is 8.77. The summed E-state index contributed by atoms with van der Waals surface area (Å²) in [7, 11) is 0. The van der Waals surface area contributed by atoms with Gasteiger partial charge in [0.25, 0.3) is 0 Å². The third-order valence-corrected chi connectivity index (χ3v) is 2.97. The Balaban J connectivity index is 2.36. The fraction of sp³-hybridized carbons (Fsp3) is 0.0588. The number of amides is 1. The van der Waals surface area contributed by atoms with Crippen LogP contribution in [-0.4, -0.2) is 11.4 Å². The first-order chi connectivity index (χ1) is 9.76. The van der Waals surface area contributed by atoms with E-state index in [9.17, 15) is 4.79 Å². The van der Waals surface area contributed by atoms with Crippen LogP contribution in [0, 0.1) is 0 Å². The van der Waals surface area contributed by atoms with Crippen LogP contribution >= 0.6 is 0 Å². The van der Waals surface area contributed by atoms with E-state index in [0.717, 1.165) is 34.1 Å². The van der Waals surface area contributed by atoms with Gasteiger partial charge in [-0.25, -0.2) is 0 Å². The molecule has 3 heteroatoms. The molecule has 0 spiro atoms. The molecule has 0 aliphatic rings. The van der Waals surface area contributed by atoms with Gasteiger partial charge in [0, 0.05) is 17.3 Å². The van der Waals surface area contributed by atoms with Crippen LogP contribution in [0.5, 0.6) is 0 Å². The molecule has 0 radical (unpaired) electrons. The zero-order valence-electron chi connectivity index (χ0n) is 11.2. The predicted octanol–water partition coefficient (Wildman–Crippen LogP) is 3.64. The summed E-state index contributed by atoms with van der Waals surface area (Å²) < 4.78 is 0. The molecule has 0 fully saturated rings. The first-order valence-electron chi connectivity index (χ1n) is 6.29. The Bertz CT molecular complexity index is 686. The SMILES string of the molecule is C=C/C=C(\C=C)Cc1cnc2ccc(NC=O)cc2c1. The minimum atomic E-state index is 0.668. The predicted molar refractivity (Wildman–Crippen MR) is 83.6 cm³/mol. The van der Waals surface area contributed by atoms with E-state index in [2.05, 4.69) is 29.5 Å². The van der Waals surface area contributed by atoms with Crippen LogP contribution in [0.25, 0.3) is 10.9 Å². The Morgan fingerprint density at radius 1 is 1.30 bits per heavy atom. The molecule has 1 aromatic heterocycles. The highest BCUT2D eigenvalue weighted by Crippen LogP contribution is 2.20. The summed E-state index contributed by atoms with van der Waals surface area (Å²) in [5, 5.41) is 3.64. The lowest BCUT2D eigenvalue weighted by Crippen LogP contribution is -1.94. The molecule has 2 aromatic rings. The number of pyridine rings is 1. The molecule has 0 unspecified atom stereocenters. The van der Waals surface area contributed by atoms with Gasteiger partial charge in [-0.3, -0.25) is 9.78 Å². The molecule has 1 heterocycles. The van der Waals surface area contributed by atoms with Gasteiger partial charge < -0.3 is 5.32 Å². The molecular weight excluding hydrogens is 248 g/mol. The van der Waals surface area contributed by atoms with E-state index in [4.69, 9.17) is 0 Å². The molecule has 0 aliphatic carbocycles. The molecule has 2 rings (SSSR count). The molecule has 0 atom stereocenters. The number of nitrogens with one attached hydrogen (secondary N) is 1. The number of allylic oxidation sites excluding steroid dienone is 4. The van der Waals surface area contributed by atoms with Gasteiger partial charge in [-0.1, -0.05) is 31.4 Å². The topological polar surface area (TPSA) is 42.0 Å². The molecule has 0 aliphatic heterocycles. The number of hydrogen-bond donors (Lipinski definition) is 1. The van der Waals surface area contributed by atoms with Crippen molar-refractivity contribution in [3.63, 3.8) is 0 Å². The van der Waals surface area contributed by atoms with Crippen molar-refractivity contribution in [2.45, 2.75) is 6.42 Å². The number of anilines is 1. The van der Waals surface area contributed by atoms with Crippen LogP contribution in [0.15, 0.2) is 67.4 Å². The molecule has 1 N–H and O–H groups in total. The average molecular weight is 264 g/mol. The van der Waals surface area contributed by atoms with Crippen molar-refractivity contribution in [2.24, 2.45) is 0 Å². The van der Waals surface area contributed by atoms with Crippen molar-refractivity contribution in [2.75, 3.05) is 5.32 Å². The summed E-state index contributed by atoms with van der Waals surface area (Å²) >= 11 is 0. The van der Waals surface area contributed by atoms with Crippen LogP contribution in [0.4, 0.5) is 5.69 Å². The zero-order chi connectivity index (χ0) is 14.4. The molecule has 3 nitrogen and oxygen atoms in total. The van der Waals surface area contributed by atoms with E-state index < -0.39 is 0 Å². The lowest BCUT2D eigenvalue weighted by molar-refractivity contribution is -0.105. The number of carbonyl (C=O) groups excluding carboxylic acids is 1. The highest BCUT2D eigenvalue weighted by atomic mass is 16.1. The van der Waals surface area contributed by atoms with E-state index in [1.54, 1.807) is 6.08 Å². The second-order valence-electron chi connectivity index (χ2n) is 4.37. The van der Waals surface area contributed by atoms with Crippen LogP contribution in [0.2, 0.25) is 0 Å². The van der Waals surface area contributed by atoms with Gasteiger partial charge in [0.1, 0.15) is 0 Å². The van der Waals surface area contributed by atoms with Crippen molar-refractivity contribution in [1.29, 1.82) is 0 Å². The first-order valence-corrected chi connectivity index (χ1v) is 6.29. The Morgan fingerprint density at radius 2 is 2.15 bits per heavy atom.